The molecule has 0 spiro atoms. The van der Waals surface area contributed by atoms with E-state index in [0.29, 0.717) is 12.8 Å². The summed E-state index contributed by atoms with van der Waals surface area (Å²) in [6.07, 6.45) is 0.641. The Labute approximate surface area is 125 Å². The lowest BCUT2D eigenvalue weighted by atomic mass is 9.92. The van der Waals surface area contributed by atoms with E-state index >= 15 is 0 Å². The van der Waals surface area contributed by atoms with Crippen molar-refractivity contribution in [3.05, 3.63) is 35.9 Å². The number of β-lactam (4-membered cyclic amide) rings is 1. The molecule has 0 unspecified atom stereocenters. The molecule has 0 bridgehead atoms. The van der Waals surface area contributed by atoms with Gasteiger partial charge in [0.2, 0.25) is 5.91 Å². The van der Waals surface area contributed by atoms with Crippen molar-refractivity contribution >= 4 is 12.0 Å². The Balaban J connectivity index is 1.99. The third-order valence-electron chi connectivity index (χ3n) is 3.24. The first kappa shape index (κ1) is 15.4. The molecule has 21 heavy (non-hydrogen) atoms. The third-order valence-corrected chi connectivity index (χ3v) is 3.24. The highest BCUT2D eigenvalue weighted by atomic mass is 16.6. The lowest BCUT2D eigenvalue weighted by Gasteiger charge is -2.35. The summed E-state index contributed by atoms with van der Waals surface area (Å²) in [5, 5.41) is 5.69. The van der Waals surface area contributed by atoms with Gasteiger partial charge in [0.05, 0.1) is 12.1 Å². The quantitative estimate of drug-likeness (QED) is 0.834. The summed E-state index contributed by atoms with van der Waals surface area (Å²) in [6.45, 7) is 5.47. The average Bonchev–Trinajstić information content (AvgIpc) is 2.33. The molecule has 2 N–H and O–H groups in total. The molecule has 0 saturated carbocycles. The molecule has 2 amide bonds. The lowest BCUT2D eigenvalue weighted by molar-refractivity contribution is -0.128. The van der Waals surface area contributed by atoms with Gasteiger partial charge in [-0.2, -0.15) is 0 Å². The molecule has 1 saturated heterocycles. The number of amides is 2. The molecule has 5 heteroatoms. The summed E-state index contributed by atoms with van der Waals surface area (Å²) in [6, 6.07) is 9.67. The Kier molecular flexibility index (Phi) is 4.50. The number of hydrogen-bond donors (Lipinski definition) is 2. The van der Waals surface area contributed by atoms with Crippen LogP contribution in [0.4, 0.5) is 4.79 Å². The topological polar surface area (TPSA) is 67.4 Å². The maximum absolute atomic E-state index is 11.9. The fourth-order valence-electron chi connectivity index (χ4n) is 2.25. The number of carbonyl (C=O) groups excluding carboxylic acids is 2. The smallest absolute Gasteiger partial charge is 0.407 e. The minimum absolute atomic E-state index is 0.0176. The van der Waals surface area contributed by atoms with E-state index in [1.54, 1.807) is 0 Å². The number of rotatable bonds is 4. The minimum atomic E-state index is -0.537. The Morgan fingerprint density at radius 3 is 2.52 bits per heavy atom. The van der Waals surface area contributed by atoms with E-state index in [9.17, 15) is 9.59 Å². The average molecular weight is 290 g/mol. The fourth-order valence-corrected chi connectivity index (χ4v) is 2.25. The molecule has 114 valence electrons. The van der Waals surface area contributed by atoms with Gasteiger partial charge in [0, 0.05) is 6.42 Å². The third kappa shape index (κ3) is 4.77. The largest absolute Gasteiger partial charge is 0.444 e. The van der Waals surface area contributed by atoms with Crippen molar-refractivity contribution in [2.75, 3.05) is 0 Å². The van der Waals surface area contributed by atoms with Crippen LogP contribution in [0.25, 0.3) is 0 Å². The van der Waals surface area contributed by atoms with Gasteiger partial charge in [-0.3, -0.25) is 4.79 Å². The fraction of sp³-hybridized carbons (Fsp3) is 0.500. The number of alkyl carbamates (subject to hydrolysis) is 1. The van der Waals surface area contributed by atoms with Gasteiger partial charge in [0.1, 0.15) is 5.60 Å². The number of carbonyl (C=O) groups is 2. The molecule has 5 nitrogen and oxygen atoms in total. The first-order chi connectivity index (χ1) is 9.83. The minimum Gasteiger partial charge on any atom is -0.444 e. The summed E-state index contributed by atoms with van der Waals surface area (Å²) in [7, 11) is 0. The zero-order valence-electron chi connectivity index (χ0n) is 12.7. The number of ether oxygens (including phenoxy) is 1. The van der Waals surface area contributed by atoms with Crippen molar-refractivity contribution in [3.63, 3.8) is 0 Å². The van der Waals surface area contributed by atoms with E-state index in [1.165, 1.54) is 0 Å². The van der Waals surface area contributed by atoms with E-state index in [-0.39, 0.29) is 18.0 Å². The van der Waals surface area contributed by atoms with Crippen molar-refractivity contribution < 1.29 is 14.3 Å². The van der Waals surface area contributed by atoms with Crippen molar-refractivity contribution in [2.24, 2.45) is 0 Å². The van der Waals surface area contributed by atoms with Gasteiger partial charge in [0.15, 0.2) is 0 Å². The highest BCUT2D eigenvalue weighted by molar-refractivity contribution is 5.83. The Morgan fingerprint density at radius 2 is 2.00 bits per heavy atom. The van der Waals surface area contributed by atoms with Gasteiger partial charge in [-0.1, -0.05) is 30.3 Å². The van der Waals surface area contributed by atoms with Crippen LogP contribution in [-0.2, 0) is 16.0 Å². The molecule has 1 aromatic carbocycles. The van der Waals surface area contributed by atoms with Crippen molar-refractivity contribution in [1.82, 2.24) is 10.6 Å². The van der Waals surface area contributed by atoms with E-state index in [2.05, 4.69) is 10.6 Å². The molecule has 1 aliphatic rings. The molecular formula is C16H22N2O3. The van der Waals surface area contributed by atoms with Crippen LogP contribution in [0.5, 0.6) is 0 Å². The summed E-state index contributed by atoms with van der Waals surface area (Å²) in [4.78, 5) is 23.1. The first-order valence-corrected chi connectivity index (χ1v) is 7.16. The summed E-state index contributed by atoms with van der Waals surface area (Å²) in [5.41, 5.74) is 0.573. The Bertz CT molecular complexity index is 500. The van der Waals surface area contributed by atoms with Gasteiger partial charge in [-0.05, 0) is 32.8 Å². The molecule has 1 heterocycles. The van der Waals surface area contributed by atoms with Crippen LogP contribution in [0.1, 0.15) is 32.8 Å². The van der Waals surface area contributed by atoms with Crippen LogP contribution in [0.2, 0.25) is 0 Å². The SMILES string of the molecule is CC(C)(C)OC(=O)N[C@@H](Cc1ccccc1)[C@@H]1CC(=O)N1. The van der Waals surface area contributed by atoms with Gasteiger partial charge in [-0.15, -0.1) is 0 Å². The maximum atomic E-state index is 11.9. The van der Waals surface area contributed by atoms with Crippen LogP contribution < -0.4 is 10.6 Å². The van der Waals surface area contributed by atoms with Crippen molar-refractivity contribution in [1.29, 1.82) is 0 Å². The monoisotopic (exact) mass is 290 g/mol. The van der Waals surface area contributed by atoms with Gasteiger partial charge < -0.3 is 15.4 Å². The zero-order valence-corrected chi connectivity index (χ0v) is 12.7. The number of hydrogen-bond acceptors (Lipinski definition) is 3. The van der Waals surface area contributed by atoms with E-state index < -0.39 is 11.7 Å². The molecule has 2 atom stereocenters. The molecular weight excluding hydrogens is 268 g/mol. The van der Waals surface area contributed by atoms with Gasteiger partial charge in [-0.25, -0.2) is 4.79 Å². The molecule has 0 aromatic heterocycles. The number of nitrogens with one attached hydrogen (secondary N) is 2. The summed E-state index contributed by atoms with van der Waals surface area (Å²) >= 11 is 0. The number of benzene rings is 1. The predicted octanol–water partition coefficient (Wildman–Crippen LogP) is 2.01. The van der Waals surface area contributed by atoms with Crippen LogP contribution in [0.3, 0.4) is 0 Å². The van der Waals surface area contributed by atoms with Crippen molar-refractivity contribution in [3.8, 4) is 0 Å². The van der Waals surface area contributed by atoms with E-state index in [1.807, 2.05) is 51.1 Å². The summed E-state index contributed by atoms with van der Waals surface area (Å²) < 4.78 is 5.29. The van der Waals surface area contributed by atoms with Crippen LogP contribution in [-0.4, -0.2) is 29.7 Å². The molecule has 1 fully saturated rings. The van der Waals surface area contributed by atoms with Gasteiger partial charge in [0.25, 0.3) is 0 Å². The maximum Gasteiger partial charge on any atom is 0.407 e. The highest BCUT2D eigenvalue weighted by Crippen LogP contribution is 2.15. The first-order valence-electron chi connectivity index (χ1n) is 7.16. The molecule has 1 aliphatic heterocycles. The van der Waals surface area contributed by atoms with Crippen molar-refractivity contribution in [2.45, 2.75) is 51.3 Å². The molecule has 0 radical (unpaired) electrons. The van der Waals surface area contributed by atoms with E-state index in [0.717, 1.165) is 5.56 Å². The molecule has 0 aliphatic carbocycles. The normalized spacial score (nSPS) is 19.2. The lowest BCUT2D eigenvalue weighted by Crippen LogP contribution is -2.61. The van der Waals surface area contributed by atoms with Gasteiger partial charge >= 0.3 is 6.09 Å². The van der Waals surface area contributed by atoms with Crippen LogP contribution in [0.15, 0.2) is 30.3 Å². The summed E-state index contributed by atoms with van der Waals surface area (Å²) in [5.74, 6) is 0.0176. The molecule has 1 aromatic rings. The van der Waals surface area contributed by atoms with Crippen LogP contribution in [0, 0.1) is 0 Å². The second-order valence-corrected chi connectivity index (χ2v) is 6.32. The highest BCUT2D eigenvalue weighted by Gasteiger charge is 2.34. The predicted molar refractivity (Wildman–Crippen MR) is 79.9 cm³/mol. The second kappa shape index (κ2) is 6.16. The van der Waals surface area contributed by atoms with Crippen LogP contribution >= 0.6 is 0 Å². The zero-order chi connectivity index (χ0) is 15.5. The Morgan fingerprint density at radius 1 is 1.38 bits per heavy atom. The van der Waals surface area contributed by atoms with E-state index in [4.69, 9.17) is 4.74 Å². The second-order valence-electron chi connectivity index (χ2n) is 6.32. The standard InChI is InChI=1S/C16H22N2O3/c1-16(2,3)21-15(20)18-12(13-10-14(19)17-13)9-11-7-5-4-6-8-11/h4-8,12-13H,9-10H2,1-3H3,(H,17,19)(H,18,20)/t12-,13-/m0/s1. The molecule has 2 rings (SSSR count). The Hall–Kier alpha value is -2.04.